The Kier molecular flexibility index (Phi) is 7.26. The van der Waals surface area contributed by atoms with Gasteiger partial charge in [-0.15, -0.1) is 0 Å². The lowest BCUT2D eigenvalue weighted by Gasteiger charge is -2.37. The monoisotopic (exact) mass is 453 g/mol. The van der Waals surface area contributed by atoms with Crippen molar-refractivity contribution < 1.29 is 23.9 Å². The third-order valence-electron chi connectivity index (χ3n) is 5.27. The second-order valence-electron chi connectivity index (χ2n) is 9.05. The lowest BCUT2D eigenvalue weighted by molar-refractivity contribution is -0.130. The van der Waals surface area contributed by atoms with Crippen LogP contribution >= 0.6 is 0 Å². The molecule has 0 aliphatic carbocycles. The van der Waals surface area contributed by atoms with E-state index in [2.05, 4.69) is 10.6 Å². The van der Waals surface area contributed by atoms with Gasteiger partial charge in [0.05, 0.1) is 13.7 Å². The number of benzene rings is 2. The number of methoxy groups -OCH3 is 1. The highest BCUT2D eigenvalue weighted by Gasteiger charge is 2.37. The van der Waals surface area contributed by atoms with E-state index in [0.717, 1.165) is 11.1 Å². The highest BCUT2D eigenvalue weighted by molar-refractivity contribution is 5.98. The van der Waals surface area contributed by atoms with Gasteiger partial charge in [-0.25, -0.2) is 4.79 Å². The number of anilines is 1. The summed E-state index contributed by atoms with van der Waals surface area (Å²) in [6, 6.07) is 13.0. The van der Waals surface area contributed by atoms with Crippen LogP contribution in [0.15, 0.2) is 48.5 Å². The molecule has 0 fully saturated rings. The molecule has 0 aromatic heterocycles. The molecule has 0 bridgehead atoms. The van der Waals surface area contributed by atoms with Crippen LogP contribution < -0.4 is 15.4 Å². The maximum Gasteiger partial charge on any atom is 0.411 e. The highest BCUT2D eigenvalue weighted by atomic mass is 16.6. The van der Waals surface area contributed by atoms with Gasteiger partial charge in [0.25, 0.3) is 0 Å². The van der Waals surface area contributed by atoms with Crippen LogP contribution in [0.3, 0.4) is 0 Å². The Balaban J connectivity index is 1.73. The van der Waals surface area contributed by atoms with E-state index < -0.39 is 29.7 Å². The van der Waals surface area contributed by atoms with Gasteiger partial charge in [0, 0.05) is 18.2 Å². The largest absolute Gasteiger partial charge is 0.497 e. The van der Waals surface area contributed by atoms with E-state index in [-0.39, 0.29) is 12.5 Å². The normalized spacial score (nSPS) is 16.3. The van der Waals surface area contributed by atoms with Crippen LogP contribution in [0, 0.1) is 0 Å². The topological polar surface area (TPSA) is 97.0 Å². The van der Waals surface area contributed by atoms with E-state index in [0.29, 0.717) is 17.9 Å². The molecular formula is C25H31N3O5. The van der Waals surface area contributed by atoms with Gasteiger partial charge in [0.15, 0.2) is 0 Å². The third kappa shape index (κ3) is 6.25. The van der Waals surface area contributed by atoms with Crippen LogP contribution in [-0.4, -0.2) is 47.6 Å². The van der Waals surface area contributed by atoms with E-state index >= 15 is 0 Å². The Morgan fingerprint density at radius 1 is 1.06 bits per heavy atom. The summed E-state index contributed by atoms with van der Waals surface area (Å²) in [6.07, 6.45) is -0.225. The molecule has 2 atom stereocenters. The predicted octanol–water partition coefficient (Wildman–Crippen LogP) is 3.50. The van der Waals surface area contributed by atoms with E-state index in [9.17, 15) is 14.4 Å². The molecular weight excluding hydrogens is 422 g/mol. The van der Waals surface area contributed by atoms with E-state index in [4.69, 9.17) is 9.47 Å². The van der Waals surface area contributed by atoms with Crippen molar-refractivity contribution >= 4 is 23.6 Å². The van der Waals surface area contributed by atoms with Crippen molar-refractivity contribution in [1.82, 2.24) is 10.2 Å². The Morgan fingerprint density at radius 3 is 2.42 bits per heavy atom. The molecule has 176 valence electrons. The van der Waals surface area contributed by atoms with Crippen LogP contribution in [0.4, 0.5) is 10.5 Å². The Morgan fingerprint density at radius 2 is 1.76 bits per heavy atom. The first kappa shape index (κ1) is 24.1. The molecule has 3 rings (SSSR count). The fourth-order valence-corrected chi connectivity index (χ4v) is 3.60. The number of carbonyl (C=O) groups excluding carboxylic acids is 3. The number of hydrogen-bond donors (Lipinski definition) is 2. The minimum Gasteiger partial charge on any atom is -0.497 e. The van der Waals surface area contributed by atoms with E-state index in [1.807, 2.05) is 24.3 Å². The van der Waals surface area contributed by atoms with Crippen molar-refractivity contribution in [3.8, 4) is 5.75 Å². The number of nitrogens with zero attached hydrogens (tertiary/aromatic N) is 1. The molecule has 1 aliphatic heterocycles. The first-order chi connectivity index (χ1) is 15.6. The SMILES string of the molecule is COc1cccc(NC(=O)C(C)NC(=O)C2Cc3ccccc3CN2C(=O)OC(C)(C)C)c1. The molecule has 2 aromatic rings. The first-order valence-corrected chi connectivity index (χ1v) is 10.9. The van der Waals surface area contributed by atoms with Gasteiger partial charge in [-0.1, -0.05) is 30.3 Å². The molecule has 1 aliphatic rings. The molecule has 3 amide bonds. The molecule has 0 saturated carbocycles. The van der Waals surface area contributed by atoms with Crippen molar-refractivity contribution in [2.24, 2.45) is 0 Å². The number of fused-ring (bicyclic) bond motifs is 1. The Hall–Kier alpha value is -3.55. The molecule has 0 saturated heterocycles. The van der Waals surface area contributed by atoms with Crippen molar-refractivity contribution in [1.29, 1.82) is 0 Å². The average molecular weight is 454 g/mol. The van der Waals surface area contributed by atoms with E-state index in [1.165, 1.54) is 4.90 Å². The molecule has 2 N–H and O–H groups in total. The van der Waals surface area contributed by atoms with Crippen LogP contribution in [0.5, 0.6) is 5.75 Å². The van der Waals surface area contributed by atoms with Gasteiger partial charge in [0.2, 0.25) is 11.8 Å². The molecule has 33 heavy (non-hydrogen) atoms. The van der Waals surface area contributed by atoms with Crippen LogP contribution in [0.1, 0.15) is 38.8 Å². The summed E-state index contributed by atoms with van der Waals surface area (Å²) >= 11 is 0. The standard InChI is InChI=1S/C25H31N3O5/c1-16(22(29)27-19-11-8-12-20(14-19)32-5)26-23(30)21-13-17-9-6-7-10-18(17)15-28(21)24(31)33-25(2,3)4/h6-12,14,16,21H,13,15H2,1-5H3,(H,26,30)(H,27,29). The summed E-state index contributed by atoms with van der Waals surface area (Å²) in [4.78, 5) is 40.2. The zero-order valence-corrected chi connectivity index (χ0v) is 19.7. The Labute approximate surface area is 194 Å². The maximum absolute atomic E-state index is 13.2. The molecule has 8 heteroatoms. The molecule has 8 nitrogen and oxygen atoms in total. The van der Waals surface area contributed by atoms with Crippen molar-refractivity contribution in [2.45, 2.75) is 58.3 Å². The summed E-state index contributed by atoms with van der Waals surface area (Å²) in [6.45, 7) is 7.20. The van der Waals surface area contributed by atoms with Gasteiger partial charge in [-0.2, -0.15) is 0 Å². The lowest BCUT2D eigenvalue weighted by atomic mass is 9.93. The fraction of sp³-hybridized carbons (Fsp3) is 0.400. The number of nitrogens with one attached hydrogen (secondary N) is 2. The zero-order chi connectivity index (χ0) is 24.2. The second kappa shape index (κ2) is 9.94. The smallest absolute Gasteiger partial charge is 0.411 e. The summed E-state index contributed by atoms with van der Waals surface area (Å²) in [7, 11) is 1.54. The number of ether oxygens (including phenoxy) is 2. The van der Waals surface area contributed by atoms with Crippen LogP contribution in [0.25, 0.3) is 0 Å². The maximum atomic E-state index is 13.2. The predicted molar refractivity (Wildman–Crippen MR) is 125 cm³/mol. The molecule has 0 radical (unpaired) electrons. The van der Waals surface area contributed by atoms with Gasteiger partial charge in [0.1, 0.15) is 23.4 Å². The van der Waals surface area contributed by atoms with Gasteiger partial charge >= 0.3 is 6.09 Å². The average Bonchev–Trinajstić information content (AvgIpc) is 2.77. The summed E-state index contributed by atoms with van der Waals surface area (Å²) in [5, 5.41) is 5.51. The second-order valence-corrected chi connectivity index (χ2v) is 9.05. The molecule has 2 unspecified atom stereocenters. The Bertz CT molecular complexity index is 1030. The summed E-state index contributed by atoms with van der Waals surface area (Å²) < 4.78 is 10.7. The number of rotatable bonds is 5. The van der Waals surface area contributed by atoms with Crippen LogP contribution in [0.2, 0.25) is 0 Å². The minimum atomic E-state index is -0.818. The number of hydrogen-bond acceptors (Lipinski definition) is 5. The van der Waals surface area contributed by atoms with Gasteiger partial charge < -0.3 is 20.1 Å². The molecule has 2 aromatic carbocycles. The van der Waals surface area contributed by atoms with Crippen molar-refractivity contribution in [3.63, 3.8) is 0 Å². The van der Waals surface area contributed by atoms with Crippen molar-refractivity contribution in [3.05, 3.63) is 59.7 Å². The fourth-order valence-electron chi connectivity index (χ4n) is 3.60. The quantitative estimate of drug-likeness (QED) is 0.722. The van der Waals surface area contributed by atoms with Crippen LogP contribution in [-0.2, 0) is 27.3 Å². The third-order valence-corrected chi connectivity index (χ3v) is 5.27. The highest BCUT2D eigenvalue weighted by Crippen LogP contribution is 2.25. The molecule has 0 spiro atoms. The van der Waals surface area contributed by atoms with Crippen molar-refractivity contribution in [2.75, 3.05) is 12.4 Å². The number of carbonyl (C=O) groups is 3. The lowest BCUT2D eigenvalue weighted by Crippen LogP contribution is -2.56. The van der Waals surface area contributed by atoms with Gasteiger partial charge in [-0.05, 0) is 51.0 Å². The zero-order valence-electron chi connectivity index (χ0n) is 19.7. The summed E-state index contributed by atoms with van der Waals surface area (Å²) in [5.41, 5.74) is 1.82. The van der Waals surface area contributed by atoms with E-state index in [1.54, 1.807) is 59.1 Å². The first-order valence-electron chi connectivity index (χ1n) is 10.9. The van der Waals surface area contributed by atoms with Gasteiger partial charge in [-0.3, -0.25) is 14.5 Å². The number of amides is 3. The minimum absolute atomic E-state index is 0.258. The summed E-state index contributed by atoms with van der Waals surface area (Å²) in [5.74, 6) is -0.182. The molecule has 1 heterocycles.